The van der Waals surface area contributed by atoms with Crippen molar-refractivity contribution in [2.75, 3.05) is 26.2 Å². The summed E-state index contributed by atoms with van der Waals surface area (Å²) in [4.78, 5) is 74.8. The van der Waals surface area contributed by atoms with Crippen molar-refractivity contribution < 1.29 is 48.5 Å². The summed E-state index contributed by atoms with van der Waals surface area (Å²) < 4.78 is 10.3. The number of amides is 4. The van der Waals surface area contributed by atoms with E-state index in [0.717, 1.165) is 75.8 Å². The van der Waals surface area contributed by atoms with Crippen molar-refractivity contribution in [1.82, 2.24) is 20.4 Å². The summed E-state index contributed by atoms with van der Waals surface area (Å²) in [6.45, 7) is 26.0. The molecule has 4 amide bonds. The largest absolute Gasteiger partial charge is 0.480 e. The summed E-state index contributed by atoms with van der Waals surface area (Å²) in [6.07, 6.45) is 5.01. The SMILES string of the molecule is CC(C)(C)[C@H](N)C(=O)N1CCC(Cc2ccccc2)CC1.CC(C)(C)[C@H](N)C(=O)O.CC(C)(C)[C@H](NC(=O)OCc1ccccc1)C(=O)N1CCC(Cc2ccccc2)CC1.CC(C)(C)[C@H](NC(=O)OCc1ccccc1)C(=O)O. The molecule has 2 aliphatic heterocycles. The number of carboxylic acid groups (broad SMARTS) is 2. The Balaban J connectivity index is 0.000000301. The minimum Gasteiger partial charge on any atom is -0.480 e. The van der Waals surface area contributed by atoms with Crippen molar-refractivity contribution in [2.24, 2.45) is 45.0 Å². The van der Waals surface area contributed by atoms with Crippen LogP contribution in [0, 0.1) is 33.5 Å². The van der Waals surface area contributed by atoms with Crippen molar-refractivity contribution in [3.8, 4) is 0 Å². The maximum atomic E-state index is 13.3. The zero-order valence-electron chi connectivity index (χ0n) is 49.7. The van der Waals surface area contributed by atoms with Crippen LogP contribution in [0.2, 0.25) is 0 Å². The smallest absolute Gasteiger partial charge is 0.408 e. The van der Waals surface area contributed by atoms with Crippen LogP contribution < -0.4 is 22.1 Å². The fourth-order valence-electron chi connectivity index (χ4n) is 8.79. The van der Waals surface area contributed by atoms with Crippen molar-refractivity contribution >= 4 is 35.9 Å². The monoisotopic (exact) mass is 1110 g/mol. The molecule has 4 atom stereocenters. The van der Waals surface area contributed by atoms with Gasteiger partial charge in [-0.1, -0.05) is 204 Å². The van der Waals surface area contributed by atoms with Crippen LogP contribution in [0.15, 0.2) is 121 Å². The van der Waals surface area contributed by atoms with Crippen LogP contribution in [-0.2, 0) is 54.7 Å². The van der Waals surface area contributed by atoms with Crippen molar-refractivity contribution in [1.29, 1.82) is 0 Å². The van der Waals surface area contributed by atoms with E-state index in [0.29, 0.717) is 11.8 Å². The minimum absolute atomic E-state index is 0.0256. The number of nitrogens with two attached hydrogens (primary N) is 2. The summed E-state index contributed by atoms with van der Waals surface area (Å²) in [5, 5.41) is 22.7. The first kappa shape index (κ1) is 67.5. The Morgan fingerprint density at radius 1 is 0.450 bits per heavy atom. The molecule has 0 spiro atoms. The van der Waals surface area contributed by atoms with Gasteiger partial charge in [0.1, 0.15) is 31.3 Å². The molecule has 8 N–H and O–H groups in total. The van der Waals surface area contributed by atoms with Crippen LogP contribution in [0.3, 0.4) is 0 Å². The number of piperidine rings is 2. The average molecular weight is 1110 g/mol. The summed E-state index contributed by atoms with van der Waals surface area (Å²) in [5.74, 6) is -0.666. The van der Waals surface area contributed by atoms with Crippen LogP contribution in [0.25, 0.3) is 0 Å². The van der Waals surface area contributed by atoms with Crippen molar-refractivity contribution in [3.63, 3.8) is 0 Å². The second-order valence-corrected chi connectivity index (χ2v) is 25.3. The van der Waals surface area contributed by atoms with Gasteiger partial charge in [-0.2, -0.15) is 0 Å². The number of alkyl carbamates (subject to hydrolysis) is 2. The number of nitrogens with zero attached hydrogens (tertiary/aromatic N) is 2. The third-order valence-corrected chi connectivity index (χ3v) is 14.2. The Morgan fingerprint density at radius 2 is 0.750 bits per heavy atom. The van der Waals surface area contributed by atoms with Gasteiger partial charge in [0.2, 0.25) is 11.8 Å². The fraction of sp³-hybridized carbons (Fsp3) is 0.531. The first-order valence-electron chi connectivity index (χ1n) is 27.9. The van der Waals surface area contributed by atoms with Crippen molar-refractivity contribution in [3.05, 3.63) is 144 Å². The van der Waals surface area contributed by atoms with Gasteiger partial charge >= 0.3 is 24.1 Å². The first-order chi connectivity index (χ1) is 37.4. The Hall–Kier alpha value is -6.78. The third-order valence-electron chi connectivity index (χ3n) is 14.2. The van der Waals surface area contributed by atoms with Gasteiger partial charge in [-0.25, -0.2) is 14.4 Å². The lowest BCUT2D eigenvalue weighted by Crippen LogP contribution is -2.56. The summed E-state index contributed by atoms with van der Waals surface area (Å²) in [5.41, 5.74) is 14.4. The van der Waals surface area contributed by atoms with Gasteiger partial charge in [-0.15, -0.1) is 0 Å². The maximum absolute atomic E-state index is 13.3. The molecule has 16 heteroatoms. The van der Waals surface area contributed by atoms with Gasteiger partial charge in [-0.05, 0) is 94.3 Å². The Labute approximate surface area is 476 Å². The van der Waals surface area contributed by atoms with Crippen molar-refractivity contribution in [2.45, 2.75) is 159 Å². The molecule has 440 valence electrons. The molecule has 2 heterocycles. The standard InChI is InChI=1S/C26H34N2O3.C18H28N2O.C14H19NO4.C6H13NO2/c1-26(2,3)23(27-25(30)31-19-22-12-8-5-9-13-22)24(29)28-16-14-21(15-17-28)18-20-10-6-4-7-11-20;1-18(2,3)16(19)17(21)20-11-9-15(10-12-20)13-14-7-5-4-6-8-14;1-14(2,3)11(12(16)17)15-13(18)19-9-10-7-5-4-6-8-10;1-6(2,3)4(7)5(8)9/h4-13,21,23H,14-19H2,1-3H3,(H,27,30);4-8,15-16H,9-13,19H2,1-3H3;4-8,11H,9H2,1-3H3,(H,15,18)(H,16,17);4H,7H2,1-3H3,(H,8,9)/t23-;16-;11-;4-/m1111/s1. The molecule has 2 saturated heterocycles. The molecule has 6 rings (SSSR count). The zero-order chi connectivity index (χ0) is 59.8. The molecule has 80 heavy (non-hydrogen) atoms. The van der Waals surface area contributed by atoms with Gasteiger partial charge in [-0.3, -0.25) is 14.4 Å². The summed E-state index contributed by atoms with van der Waals surface area (Å²) >= 11 is 0. The number of hydrogen-bond acceptors (Lipinski definition) is 10. The van der Waals surface area contributed by atoms with E-state index in [9.17, 15) is 28.8 Å². The van der Waals surface area contributed by atoms with E-state index in [-0.39, 0.29) is 35.9 Å². The lowest BCUT2D eigenvalue weighted by molar-refractivity contribution is -0.142. The molecule has 0 bridgehead atoms. The molecule has 0 saturated carbocycles. The Kier molecular flexibility index (Phi) is 26.9. The molecule has 4 aromatic carbocycles. The van der Waals surface area contributed by atoms with E-state index >= 15 is 0 Å². The van der Waals surface area contributed by atoms with Crippen LogP contribution in [0.1, 0.15) is 131 Å². The molecule has 2 fully saturated rings. The number of carbonyl (C=O) groups excluding carboxylic acids is 4. The van der Waals surface area contributed by atoms with Gasteiger partial charge in [0.05, 0.1) is 6.04 Å². The van der Waals surface area contributed by atoms with E-state index < -0.39 is 59.1 Å². The number of ether oxygens (including phenoxy) is 2. The summed E-state index contributed by atoms with van der Waals surface area (Å²) in [6, 6.07) is 37.1. The molecular weight excluding hydrogens is 1010 g/mol. The number of benzene rings is 4. The third kappa shape index (κ3) is 24.7. The van der Waals surface area contributed by atoms with Gasteiger partial charge < -0.3 is 51.6 Å². The molecule has 4 aromatic rings. The molecule has 0 radical (unpaired) electrons. The highest BCUT2D eigenvalue weighted by molar-refractivity contribution is 5.86. The van der Waals surface area contributed by atoms with E-state index in [2.05, 4.69) is 65.2 Å². The van der Waals surface area contributed by atoms with E-state index in [4.69, 9.17) is 31.2 Å². The molecule has 0 unspecified atom stereocenters. The molecule has 0 aliphatic carbocycles. The Morgan fingerprint density at radius 3 is 1.02 bits per heavy atom. The average Bonchev–Trinajstić information content (AvgIpc) is 3.40. The molecule has 0 aromatic heterocycles. The lowest BCUT2D eigenvalue weighted by atomic mass is 9.84. The normalized spacial score (nSPS) is 15.7. The van der Waals surface area contributed by atoms with Crippen LogP contribution >= 0.6 is 0 Å². The number of carboxylic acids is 2. The highest BCUT2D eigenvalue weighted by Crippen LogP contribution is 2.28. The van der Waals surface area contributed by atoms with Crippen LogP contribution in [0.5, 0.6) is 0 Å². The maximum Gasteiger partial charge on any atom is 0.408 e. The number of carbonyl (C=O) groups is 6. The molecule has 16 nitrogen and oxygen atoms in total. The Bertz CT molecular complexity index is 2490. The van der Waals surface area contributed by atoms with E-state index in [1.165, 1.54) is 11.1 Å². The van der Waals surface area contributed by atoms with Crippen LogP contribution in [0.4, 0.5) is 9.59 Å². The second kappa shape index (κ2) is 31.9. The predicted octanol–water partition coefficient (Wildman–Crippen LogP) is 10.5. The second-order valence-electron chi connectivity index (χ2n) is 25.3. The number of nitrogens with one attached hydrogen (secondary N) is 2. The van der Waals surface area contributed by atoms with Gasteiger partial charge in [0.15, 0.2) is 0 Å². The zero-order valence-corrected chi connectivity index (χ0v) is 49.7. The molecule has 2 aliphatic rings. The topological polar surface area (TPSA) is 244 Å². The number of aliphatic carboxylic acids is 2. The van der Waals surface area contributed by atoms with E-state index in [1.54, 1.807) is 41.5 Å². The van der Waals surface area contributed by atoms with Gasteiger partial charge in [0, 0.05) is 26.2 Å². The van der Waals surface area contributed by atoms with Gasteiger partial charge in [0.25, 0.3) is 0 Å². The fourth-order valence-corrected chi connectivity index (χ4v) is 8.79. The van der Waals surface area contributed by atoms with E-state index in [1.807, 2.05) is 118 Å². The molecular formula is C64H94N6O10. The summed E-state index contributed by atoms with van der Waals surface area (Å²) in [7, 11) is 0. The lowest BCUT2D eigenvalue weighted by Gasteiger charge is -2.38. The first-order valence-corrected chi connectivity index (χ1v) is 27.9. The highest BCUT2D eigenvalue weighted by Gasteiger charge is 2.38. The minimum atomic E-state index is -1.08. The predicted molar refractivity (Wildman–Crippen MR) is 315 cm³/mol. The highest BCUT2D eigenvalue weighted by atomic mass is 16.6. The quantitative estimate of drug-likeness (QED) is 0.0691. The van der Waals surface area contributed by atoms with Crippen LogP contribution in [-0.4, -0.2) is 106 Å². The number of hydrogen-bond donors (Lipinski definition) is 6. The number of rotatable bonds is 14. The number of likely N-dealkylation sites (tertiary alicyclic amines) is 2.